The van der Waals surface area contributed by atoms with Crippen LogP contribution in [0.3, 0.4) is 0 Å². The fourth-order valence-electron chi connectivity index (χ4n) is 2.17. The number of para-hydroxylation sites is 2. The fourth-order valence-corrected chi connectivity index (χ4v) is 2.83. The number of imidazole rings is 1. The van der Waals surface area contributed by atoms with E-state index in [2.05, 4.69) is 14.8 Å². The molecule has 6 nitrogen and oxygen atoms in total. The summed E-state index contributed by atoms with van der Waals surface area (Å²) in [6.07, 6.45) is 0. The largest absolute Gasteiger partial charge is 0.481 e. The van der Waals surface area contributed by atoms with Gasteiger partial charge in [-0.2, -0.15) is 0 Å². The van der Waals surface area contributed by atoms with E-state index in [1.165, 1.54) is 11.8 Å². The fraction of sp³-hybridized carbons (Fsp3) is 0.250. The van der Waals surface area contributed by atoms with Crippen molar-refractivity contribution in [2.24, 2.45) is 0 Å². The van der Waals surface area contributed by atoms with Crippen molar-refractivity contribution in [1.82, 2.24) is 19.2 Å². The number of aromatic nitrogens is 4. The lowest BCUT2D eigenvalue weighted by atomic mass is 10.3. The first-order valence-corrected chi connectivity index (χ1v) is 6.88. The Morgan fingerprint density at radius 3 is 2.74 bits per heavy atom. The zero-order valence-corrected chi connectivity index (χ0v) is 11.1. The topological polar surface area (TPSA) is 72.4 Å². The monoisotopic (exact) mass is 276 g/mol. The van der Waals surface area contributed by atoms with Crippen molar-refractivity contribution >= 4 is 34.5 Å². The molecule has 1 N–H and O–H groups in total. The number of rotatable bonds is 4. The molecular formula is C12H12N4O2S. The second kappa shape index (κ2) is 4.58. The number of nitrogens with zero attached hydrogens (tertiary/aromatic N) is 4. The highest BCUT2D eigenvalue weighted by Crippen LogP contribution is 2.25. The van der Waals surface area contributed by atoms with Gasteiger partial charge in [0.25, 0.3) is 0 Å². The summed E-state index contributed by atoms with van der Waals surface area (Å²) in [5, 5.41) is 17.6. The van der Waals surface area contributed by atoms with Gasteiger partial charge in [-0.25, -0.2) is 0 Å². The minimum absolute atomic E-state index is 0.0214. The summed E-state index contributed by atoms with van der Waals surface area (Å²) >= 11 is 1.18. The van der Waals surface area contributed by atoms with Gasteiger partial charge in [-0.1, -0.05) is 23.9 Å². The summed E-state index contributed by atoms with van der Waals surface area (Å²) in [4.78, 5) is 10.7. The third-order valence-electron chi connectivity index (χ3n) is 2.91. The maximum atomic E-state index is 10.7. The molecule has 2 heterocycles. The van der Waals surface area contributed by atoms with E-state index in [-0.39, 0.29) is 5.75 Å². The summed E-state index contributed by atoms with van der Waals surface area (Å²) in [5.41, 5.74) is 2.07. The number of benzene rings is 1. The lowest BCUT2D eigenvalue weighted by Crippen LogP contribution is -1.99. The first-order chi connectivity index (χ1) is 9.22. The Labute approximate surface area is 113 Å². The van der Waals surface area contributed by atoms with Crippen LogP contribution >= 0.6 is 11.8 Å². The Kier molecular flexibility index (Phi) is 2.90. The van der Waals surface area contributed by atoms with Crippen molar-refractivity contribution in [3.8, 4) is 0 Å². The standard InChI is InChI=1S/C12H12N4O2S/c1-2-15-8-5-3-4-6-9(8)16-11(15)13-14-12(16)19-7-10(17)18/h3-6H,2,7H2,1H3,(H,17,18). The molecule has 0 bridgehead atoms. The molecule has 0 atom stereocenters. The predicted octanol–water partition coefficient (Wildman–Crippen LogP) is 1.88. The van der Waals surface area contributed by atoms with Gasteiger partial charge < -0.3 is 9.67 Å². The third kappa shape index (κ3) is 1.86. The van der Waals surface area contributed by atoms with Gasteiger partial charge >= 0.3 is 5.97 Å². The second-order valence-electron chi connectivity index (χ2n) is 4.03. The Morgan fingerprint density at radius 2 is 2.05 bits per heavy atom. The predicted molar refractivity (Wildman–Crippen MR) is 72.5 cm³/mol. The highest BCUT2D eigenvalue weighted by Gasteiger charge is 2.16. The van der Waals surface area contributed by atoms with Crippen LogP contribution in [0.2, 0.25) is 0 Å². The molecule has 3 aromatic rings. The van der Waals surface area contributed by atoms with Crippen molar-refractivity contribution in [1.29, 1.82) is 0 Å². The number of carboxylic acids is 1. The van der Waals surface area contributed by atoms with Crippen LogP contribution in [-0.4, -0.2) is 36.0 Å². The lowest BCUT2D eigenvalue weighted by molar-refractivity contribution is -0.133. The minimum atomic E-state index is -0.860. The molecule has 98 valence electrons. The summed E-state index contributed by atoms with van der Waals surface area (Å²) in [6, 6.07) is 7.95. The molecule has 1 aromatic carbocycles. The molecule has 0 saturated heterocycles. The average Bonchev–Trinajstić information content (AvgIpc) is 2.94. The van der Waals surface area contributed by atoms with Crippen LogP contribution in [0.25, 0.3) is 16.8 Å². The van der Waals surface area contributed by atoms with E-state index in [0.717, 1.165) is 23.4 Å². The van der Waals surface area contributed by atoms with Crippen LogP contribution in [0.4, 0.5) is 0 Å². The highest BCUT2D eigenvalue weighted by atomic mass is 32.2. The number of hydrogen-bond acceptors (Lipinski definition) is 4. The zero-order valence-electron chi connectivity index (χ0n) is 10.3. The zero-order chi connectivity index (χ0) is 13.4. The van der Waals surface area contributed by atoms with E-state index in [4.69, 9.17) is 5.11 Å². The number of carboxylic acid groups (broad SMARTS) is 1. The van der Waals surface area contributed by atoms with E-state index >= 15 is 0 Å². The van der Waals surface area contributed by atoms with Gasteiger partial charge in [0.2, 0.25) is 5.78 Å². The van der Waals surface area contributed by atoms with Crippen LogP contribution in [0, 0.1) is 0 Å². The maximum Gasteiger partial charge on any atom is 0.313 e. The third-order valence-corrected chi connectivity index (χ3v) is 3.83. The summed E-state index contributed by atoms with van der Waals surface area (Å²) < 4.78 is 3.97. The molecule has 3 rings (SSSR count). The number of aliphatic carboxylic acids is 1. The molecule has 0 saturated carbocycles. The Bertz CT molecular complexity index is 762. The smallest absolute Gasteiger partial charge is 0.313 e. The summed E-state index contributed by atoms with van der Waals surface area (Å²) in [5.74, 6) is -0.135. The molecule has 0 amide bonds. The molecular weight excluding hydrogens is 264 g/mol. The minimum Gasteiger partial charge on any atom is -0.481 e. The first-order valence-electron chi connectivity index (χ1n) is 5.89. The van der Waals surface area contributed by atoms with E-state index in [0.29, 0.717) is 5.16 Å². The molecule has 19 heavy (non-hydrogen) atoms. The number of thioether (sulfide) groups is 1. The molecule has 0 aliphatic rings. The van der Waals surface area contributed by atoms with Crippen molar-refractivity contribution in [3.05, 3.63) is 24.3 Å². The number of hydrogen-bond donors (Lipinski definition) is 1. The molecule has 0 spiro atoms. The highest BCUT2D eigenvalue weighted by molar-refractivity contribution is 7.99. The molecule has 0 radical (unpaired) electrons. The van der Waals surface area contributed by atoms with E-state index in [1.54, 1.807) is 0 Å². The van der Waals surface area contributed by atoms with Gasteiger partial charge in [0.05, 0.1) is 16.8 Å². The maximum absolute atomic E-state index is 10.7. The van der Waals surface area contributed by atoms with Gasteiger partial charge in [-0.3, -0.25) is 9.20 Å². The van der Waals surface area contributed by atoms with Gasteiger partial charge in [-0.15, -0.1) is 10.2 Å². The van der Waals surface area contributed by atoms with Crippen molar-refractivity contribution in [2.45, 2.75) is 18.6 Å². The van der Waals surface area contributed by atoms with Crippen molar-refractivity contribution in [3.63, 3.8) is 0 Å². The lowest BCUT2D eigenvalue weighted by Gasteiger charge is -1.97. The molecule has 0 aliphatic heterocycles. The Morgan fingerprint density at radius 1 is 1.32 bits per heavy atom. The van der Waals surface area contributed by atoms with Crippen LogP contribution < -0.4 is 0 Å². The van der Waals surface area contributed by atoms with Gasteiger partial charge in [0.1, 0.15) is 0 Å². The van der Waals surface area contributed by atoms with Crippen molar-refractivity contribution < 1.29 is 9.90 Å². The van der Waals surface area contributed by atoms with Crippen LogP contribution in [0.1, 0.15) is 6.92 Å². The van der Waals surface area contributed by atoms with Gasteiger partial charge in [0.15, 0.2) is 5.16 Å². The molecule has 0 fully saturated rings. The van der Waals surface area contributed by atoms with Crippen LogP contribution in [0.15, 0.2) is 29.4 Å². The number of fused-ring (bicyclic) bond motifs is 3. The van der Waals surface area contributed by atoms with Crippen LogP contribution in [-0.2, 0) is 11.3 Å². The molecule has 0 aliphatic carbocycles. The molecule has 0 unspecified atom stereocenters. The van der Waals surface area contributed by atoms with Gasteiger partial charge in [-0.05, 0) is 19.1 Å². The van der Waals surface area contributed by atoms with E-state index in [1.807, 2.05) is 35.6 Å². The van der Waals surface area contributed by atoms with E-state index in [9.17, 15) is 4.79 Å². The SMILES string of the molecule is CCn1c2ccccc2n2c(SCC(=O)O)nnc12. The first kappa shape index (κ1) is 12.0. The molecule has 2 aromatic heterocycles. The Hall–Kier alpha value is -2.02. The summed E-state index contributed by atoms with van der Waals surface area (Å²) in [6.45, 7) is 2.84. The normalized spacial score (nSPS) is 11.4. The van der Waals surface area contributed by atoms with E-state index < -0.39 is 5.97 Å². The summed E-state index contributed by atoms with van der Waals surface area (Å²) in [7, 11) is 0. The quantitative estimate of drug-likeness (QED) is 0.737. The second-order valence-corrected chi connectivity index (χ2v) is 4.98. The van der Waals surface area contributed by atoms with Gasteiger partial charge in [0, 0.05) is 6.54 Å². The molecule has 7 heteroatoms. The number of carbonyl (C=O) groups is 1. The average molecular weight is 276 g/mol. The van der Waals surface area contributed by atoms with Crippen molar-refractivity contribution in [2.75, 3.05) is 5.75 Å². The number of aryl methyl sites for hydroxylation is 1. The Balaban J connectivity index is 2.23. The van der Waals surface area contributed by atoms with Crippen LogP contribution in [0.5, 0.6) is 0 Å².